The van der Waals surface area contributed by atoms with Crippen LogP contribution in [0.15, 0.2) is 29.2 Å². The second-order valence-corrected chi connectivity index (χ2v) is 6.28. The lowest BCUT2D eigenvalue weighted by molar-refractivity contribution is -0.120. The van der Waals surface area contributed by atoms with E-state index in [0.29, 0.717) is 6.54 Å². The summed E-state index contributed by atoms with van der Waals surface area (Å²) in [7, 11) is -3.65. The van der Waals surface area contributed by atoms with Crippen LogP contribution in [0, 0.1) is 0 Å². The Morgan fingerprint density at radius 1 is 1.26 bits per heavy atom. The van der Waals surface area contributed by atoms with Crippen molar-refractivity contribution in [1.29, 1.82) is 0 Å². The zero-order valence-electron chi connectivity index (χ0n) is 10.4. The number of amides is 1. The van der Waals surface area contributed by atoms with Gasteiger partial charge in [-0.25, -0.2) is 13.1 Å². The fourth-order valence-corrected chi connectivity index (χ4v) is 2.54. The minimum absolute atomic E-state index is 0.129. The molecular formula is C12H17N3O3S. The largest absolute Gasteiger partial charge is 0.352 e. The monoisotopic (exact) mass is 283 g/mol. The molecule has 1 aromatic carbocycles. The highest BCUT2D eigenvalue weighted by Gasteiger charge is 2.24. The maximum absolute atomic E-state index is 11.9. The van der Waals surface area contributed by atoms with Gasteiger partial charge in [0.15, 0.2) is 0 Å². The molecule has 1 aromatic rings. The van der Waals surface area contributed by atoms with Crippen LogP contribution in [0.1, 0.15) is 18.4 Å². The maximum atomic E-state index is 11.9. The lowest BCUT2D eigenvalue weighted by Gasteiger charge is -2.07. The van der Waals surface area contributed by atoms with Gasteiger partial charge in [0.25, 0.3) is 0 Å². The molecule has 104 valence electrons. The summed E-state index contributed by atoms with van der Waals surface area (Å²) in [5.74, 6) is -0.301. The molecule has 2 rings (SSSR count). The van der Waals surface area contributed by atoms with E-state index in [0.717, 1.165) is 18.4 Å². The Hall–Kier alpha value is -1.44. The van der Waals surface area contributed by atoms with Crippen molar-refractivity contribution in [2.24, 2.45) is 5.73 Å². The molecule has 1 aliphatic carbocycles. The van der Waals surface area contributed by atoms with E-state index < -0.39 is 10.0 Å². The van der Waals surface area contributed by atoms with E-state index in [1.165, 1.54) is 12.1 Å². The van der Waals surface area contributed by atoms with Crippen molar-refractivity contribution in [2.75, 3.05) is 6.54 Å². The van der Waals surface area contributed by atoms with Gasteiger partial charge in [0.1, 0.15) is 0 Å². The van der Waals surface area contributed by atoms with Crippen LogP contribution in [0.2, 0.25) is 0 Å². The highest BCUT2D eigenvalue weighted by atomic mass is 32.2. The fourth-order valence-electron chi connectivity index (χ4n) is 1.55. The summed E-state index contributed by atoms with van der Waals surface area (Å²) in [6, 6.07) is 6.48. The number of hydrogen-bond acceptors (Lipinski definition) is 4. The summed E-state index contributed by atoms with van der Waals surface area (Å²) < 4.78 is 26.1. The lowest BCUT2D eigenvalue weighted by Crippen LogP contribution is -2.37. The minimum atomic E-state index is -3.65. The van der Waals surface area contributed by atoms with E-state index in [1.54, 1.807) is 12.1 Å². The molecule has 0 aliphatic heterocycles. The van der Waals surface area contributed by atoms with Crippen LogP contribution in [-0.4, -0.2) is 26.9 Å². The van der Waals surface area contributed by atoms with Gasteiger partial charge in [-0.15, -0.1) is 0 Å². The van der Waals surface area contributed by atoms with Crippen LogP contribution < -0.4 is 15.8 Å². The molecule has 0 spiro atoms. The second-order valence-electron chi connectivity index (χ2n) is 4.51. The van der Waals surface area contributed by atoms with Crippen molar-refractivity contribution >= 4 is 15.9 Å². The molecule has 7 heteroatoms. The number of benzene rings is 1. The third-order valence-electron chi connectivity index (χ3n) is 2.83. The Kier molecular flexibility index (Phi) is 4.18. The molecule has 0 unspecified atom stereocenters. The van der Waals surface area contributed by atoms with Crippen LogP contribution in [-0.2, 0) is 21.4 Å². The molecule has 0 saturated heterocycles. The standard InChI is InChI=1S/C12H17N3O3S/c13-7-9-1-5-11(6-2-9)19(17,18)14-8-12(16)15-10-3-4-10/h1-2,5-6,10,14H,3-4,7-8,13H2,(H,15,16). The van der Waals surface area contributed by atoms with Crippen molar-refractivity contribution in [3.8, 4) is 0 Å². The van der Waals surface area contributed by atoms with Crippen LogP contribution in [0.4, 0.5) is 0 Å². The van der Waals surface area contributed by atoms with Crippen LogP contribution in [0.3, 0.4) is 0 Å². The van der Waals surface area contributed by atoms with Crippen molar-refractivity contribution in [3.05, 3.63) is 29.8 Å². The number of rotatable bonds is 6. The molecule has 4 N–H and O–H groups in total. The first-order chi connectivity index (χ1) is 9.01. The number of nitrogens with one attached hydrogen (secondary N) is 2. The lowest BCUT2D eigenvalue weighted by atomic mass is 10.2. The topological polar surface area (TPSA) is 101 Å². The molecular weight excluding hydrogens is 266 g/mol. The van der Waals surface area contributed by atoms with Crippen molar-refractivity contribution in [1.82, 2.24) is 10.0 Å². The van der Waals surface area contributed by atoms with Crippen LogP contribution >= 0.6 is 0 Å². The summed E-state index contributed by atoms with van der Waals surface area (Å²) in [5, 5.41) is 2.71. The molecule has 0 heterocycles. The van der Waals surface area contributed by atoms with Gasteiger partial charge < -0.3 is 11.1 Å². The van der Waals surface area contributed by atoms with E-state index in [1.807, 2.05) is 0 Å². The Morgan fingerprint density at radius 2 is 1.89 bits per heavy atom. The number of sulfonamides is 1. The minimum Gasteiger partial charge on any atom is -0.352 e. The third kappa shape index (κ3) is 4.02. The number of nitrogens with two attached hydrogens (primary N) is 1. The fraction of sp³-hybridized carbons (Fsp3) is 0.417. The van der Waals surface area contributed by atoms with Gasteiger partial charge in [0, 0.05) is 12.6 Å². The van der Waals surface area contributed by atoms with E-state index in [4.69, 9.17) is 5.73 Å². The molecule has 1 amide bonds. The average Bonchev–Trinajstić information content (AvgIpc) is 3.20. The van der Waals surface area contributed by atoms with Crippen LogP contribution in [0.25, 0.3) is 0 Å². The molecule has 0 aromatic heterocycles. The molecule has 6 nitrogen and oxygen atoms in total. The third-order valence-corrected chi connectivity index (χ3v) is 4.25. The Labute approximate surface area is 112 Å². The Balaban J connectivity index is 1.94. The van der Waals surface area contributed by atoms with Gasteiger partial charge in [-0.2, -0.15) is 0 Å². The number of carbonyl (C=O) groups excluding carboxylic acids is 1. The van der Waals surface area contributed by atoms with Gasteiger partial charge in [0.2, 0.25) is 15.9 Å². The summed E-state index contributed by atoms with van der Waals surface area (Å²) in [6.45, 7) is 0.120. The highest BCUT2D eigenvalue weighted by Crippen LogP contribution is 2.18. The predicted molar refractivity (Wildman–Crippen MR) is 70.7 cm³/mol. The Bertz CT molecular complexity index is 550. The summed E-state index contributed by atoms with van der Waals surface area (Å²) in [5.41, 5.74) is 6.29. The van der Waals surface area contributed by atoms with E-state index >= 15 is 0 Å². The van der Waals surface area contributed by atoms with Gasteiger partial charge in [-0.1, -0.05) is 12.1 Å². The molecule has 1 aliphatic rings. The van der Waals surface area contributed by atoms with Gasteiger partial charge >= 0.3 is 0 Å². The second kappa shape index (κ2) is 5.68. The van der Waals surface area contributed by atoms with Crippen molar-refractivity contribution < 1.29 is 13.2 Å². The number of carbonyl (C=O) groups is 1. The molecule has 0 bridgehead atoms. The smallest absolute Gasteiger partial charge is 0.241 e. The van der Waals surface area contributed by atoms with Gasteiger partial charge in [0.05, 0.1) is 11.4 Å². The molecule has 0 atom stereocenters. The summed E-state index contributed by atoms with van der Waals surface area (Å²) in [6.07, 6.45) is 1.94. The first-order valence-corrected chi connectivity index (χ1v) is 7.57. The summed E-state index contributed by atoms with van der Waals surface area (Å²) in [4.78, 5) is 11.5. The average molecular weight is 283 g/mol. The normalized spacial score (nSPS) is 15.2. The zero-order chi connectivity index (χ0) is 13.9. The summed E-state index contributed by atoms with van der Waals surface area (Å²) >= 11 is 0. The number of hydrogen-bond donors (Lipinski definition) is 3. The predicted octanol–water partition coefficient (Wildman–Crippen LogP) is -0.298. The molecule has 0 radical (unpaired) electrons. The quantitative estimate of drug-likeness (QED) is 0.667. The van der Waals surface area contributed by atoms with Gasteiger partial charge in [-0.3, -0.25) is 4.79 Å². The van der Waals surface area contributed by atoms with Gasteiger partial charge in [-0.05, 0) is 30.5 Å². The van der Waals surface area contributed by atoms with Crippen molar-refractivity contribution in [2.45, 2.75) is 30.3 Å². The SMILES string of the molecule is NCc1ccc(S(=O)(=O)NCC(=O)NC2CC2)cc1. The molecule has 1 fully saturated rings. The molecule has 19 heavy (non-hydrogen) atoms. The van der Waals surface area contributed by atoms with E-state index in [2.05, 4.69) is 10.0 Å². The van der Waals surface area contributed by atoms with E-state index in [-0.39, 0.29) is 23.4 Å². The maximum Gasteiger partial charge on any atom is 0.241 e. The highest BCUT2D eigenvalue weighted by molar-refractivity contribution is 7.89. The Morgan fingerprint density at radius 3 is 2.42 bits per heavy atom. The first-order valence-electron chi connectivity index (χ1n) is 6.09. The van der Waals surface area contributed by atoms with E-state index in [9.17, 15) is 13.2 Å². The molecule has 1 saturated carbocycles. The first kappa shape index (κ1) is 14.0. The van der Waals surface area contributed by atoms with Crippen LogP contribution in [0.5, 0.6) is 0 Å². The zero-order valence-corrected chi connectivity index (χ0v) is 11.2. The van der Waals surface area contributed by atoms with Crippen molar-refractivity contribution in [3.63, 3.8) is 0 Å².